The molecule has 3 nitrogen and oxygen atoms in total. The van der Waals surface area contributed by atoms with Gasteiger partial charge in [-0.2, -0.15) is 0 Å². The van der Waals surface area contributed by atoms with Crippen LogP contribution in [0.3, 0.4) is 0 Å². The molecule has 0 aliphatic heterocycles. The van der Waals surface area contributed by atoms with Crippen molar-refractivity contribution in [1.82, 2.24) is 0 Å². The van der Waals surface area contributed by atoms with E-state index in [-0.39, 0.29) is 16.6 Å². The van der Waals surface area contributed by atoms with Crippen LogP contribution in [-0.4, -0.2) is 11.9 Å². The van der Waals surface area contributed by atoms with Gasteiger partial charge < -0.3 is 11.1 Å². The lowest BCUT2D eigenvalue weighted by atomic mass is 10.0. The van der Waals surface area contributed by atoms with Crippen molar-refractivity contribution >= 4 is 23.2 Å². The Hall–Kier alpha value is -1.20. The van der Waals surface area contributed by atoms with E-state index >= 15 is 0 Å². The van der Waals surface area contributed by atoms with E-state index in [1.807, 2.05) is 0 Å². The Balaban J connectivity index is 2.93. The van der Waals surface area contributed by atoms with Gasteiger partial charge in [-0.05, 0) is 12.0 Å². The quantitative estimate of drug-likeness (QED) is 0.880. The number of halogens is 3. The highest BCUT2D eigenvalue weighted by atomic mass is 35.5. The summed E-state index contributed by atoms with van der Waals surface area (Å²) in [6, 6.07) is 0.777. The van der Waals surface area contributed by atoms with Gasteiger partial charge >= 0.3 is 0 Å². The van der Waals surface area contributed by atoms with Crippen LogP contribution in [0, 0.1) is 17.6 Å². The summed E-state index contributed by atoms with van der Waals surface area (Å²) < 4.78 is 26.1. The first-order valence-electron chi connectivity index (χ1n) is 5.04. The molecule has 3 N–H and O–H groups in total. The fraction of sp³-hybridized carbons (Fsp3) is 0.364. The second-order valence-corrected chi connectivity index (χ2v) is 4.41. The Morgan fingerprint density at radius 3 is 2.47 bits per heavy atom. The van der Waals surface area contributed by atoms with Gasteiger partial charge in [0.25, 0.3) is 0 Å². The lowest BCUT2D eigenvalue weighted by molar-refractivity contribution is -0.118. The van der Waals surface area contributed by atoms with Gasteiger partial charge in [-0.3, -0.25) is 4.79 Å². The van der Waals surface area contributed by atoms with Crippen LogP contribution < -0.4 is 11.1 Å². The number of nitrogens with one attached hydrogen (secondary N) is 1. The summed E-state index contributed by atoms with van der Waals surface area (Å²) in [5.74, 6) is -2.40. The summed E-state index contributed by atoms with van der Waals surface area (Å²) in [5, 5.41) is 2.05. The fourth-order valence-corrected chi connectivity index (χ4v) is 1.41. The fourth-order valence-electron chi connectivity index (χ4n) is 1.17. The number of hydrogen-bond donors (Lipinski definition) is 2. The summed E-state index contributed by atoms with van der Waals surface area (Å²) >= 11 is 5.63. The van der Waals surface area contributed by atoms with E-state index in [0.717, 1.165) is 6.07 Å². The number of amides is 1. The predicted molar refractivity (Wildman–Crippen MR) is 62.8 cm³/mol. The maximum Gasteiger partial charge on any atom is 0.241 e. The molecule has 0 spiro atoms. The Bertz CT molecular complexity index is 414. The third-order valence-corrected chi connectivity index (χ3v) is 2.57. The van der Waals surface area contributed by atoms with E-state index in [2.05, 4.69) is 5.32 Å². The maximum atomic E-state index is 13.4. The molecule has 0 aliphatic carbocycles. The molecule has 94 valence electrons. The van der Waals surface area contributed by atoms with Crippen LogP contribution >= 0.6 is 11.6 Å². The van der Waals surface area contributed by atoms with Crippen LogP contribution in [0.4, 0.5) is 14.5 Å². The second-order valence-electron chi connectivity index (χ2n) is 4.00. The number of hydrogen-bond acceptors (Lipinski definition) is 2. The molecule has 1 amide bonds. The molecular weight excluding hydrogens is 250 g/mol. The van der Waals surface area contributed by atoms with Crippen LogP contribution in [0.5, 0.6) is 0 Å². The van der Waals surface area contributed by atoms with E-state index in [1.54, 1.807) is 13.8 Å². The van der Waals surface area contributed by atoms with Gasteiger partial charge in [-0.15, -0.1) is 0 Å². The molecule has 0 radical (unpaired) electrons. The average Bonchev–Trinajstić information content (AvgIpc) is 2.21. The van der Waals surface area contributed by atoms with Crippen LogP contribution in [0.15, 0.2) is 12.1 Å². The lowest BCUT2D eigenvalue weighted by Crippen LogP contribution is -2.40. The summed E-state index contributed by atoms with van der Waals surface area (Å²) in [7, 11) is 0. The molecule has 0 aromatic heterocycles. The second kappa shape index (κ2) is 5.42. The van der Waals surface area contributed by atoms with Crippen molar-refractivity contribution < 1.29 is 13.6 Å². The SMILES string of the molecule is CC(C)C(N)C(=O)Nc1c(F)cc(F)cc1Cl. The van der Waals surface area contributed by atoms with Gasteiger partial charge in [0.05, 0.1) is 16.8 Å². The minimum absolute atomic E-state index is 0.0997. The Kier molecular flexibility index (Phi) is 4.42. The van der Waals surface area contributed by atoms with Gasteiger partial charge in [0.15, 0.2) is 5.82 Å². The highest BCUT2D eigenvalue weighted by Crippen LogP contribution is 2.26. The van der Waals surface area contributed by atoms with Crippen molar-refractivity contribution in [3.8, 4) is 0 Å². The molecule has 1 aromatic rings. The topological polar surface area (TPSA) is 55.1 Å². The number of carbonyl (C=O) groups is 1. The van der Waals surface area contributed by atoms with E-state index in [4.69, 9.17) is 17.3 Å². The maximum absolute atomic E-state index is 13.4. The molecular formula is C11H13ClF2N2O. The lowest BCUT2D eigenvalue weighted by Gasteiger charge is -2.16. The molecule has 1 unspecified atom stereocenters. The smallest absolute Gasteiger partial charge is 0.241 e. The number of carbonyl (C=O) groups excluding carboxylic acids is 1. The molecule has 1 atom stereocenters. The Morgan fingerprint density at radius 2 is 2.00 bits per heavy atom. The minimum atomic E-state index is -0.931. The van der Waals surface area contributed by atoms with Crippen LogP contribution in [0.1, 0.15) is 13.8 Å². The first kappa shape index (κ1) is 13.9. The summed E-state index contributed by atoms with van der Waals surface area (Å²) in [4.78, 5) is 11.6. The first-order valence-corrected chi connectivity index (χ1v) is 5.41. The summed E-state index contributed by atoms with van der Waals surface area (Å²) in [6.07, 6.45) is 0. The van der Waals surface area contributed by atoms with Gasteiger partial charge in [0, 0.05) is 6.07 Å². The molecule has 1 aromatic carbocycles. The molecule has 6 heteroatoms. The molecule has 0 saturated carbocycles. The van der Waals surface area contributed by atoms with Crippen LogP contribution in [-0.2, 0) is 4.79 Å². The zero-order valence-electron chi connectivity index (χ0n) is 9.43. The zero-order valence-corrected chi connectivity index (χ0v) is 10.2. The van der Waals surface area contributed by atoms with E-state index in [1.165, 1.54) is 0 Å². The van der Waals surface area contributed by atoms with Gasteiger partial charge in [0.2, 0.25) is 5.91 Å². The van der Waals surface area contributed by atoms with Crippen molar-refractivity contribution in [3.63, 3.8) is 0 Å². The van der Waals surface area contributed by atoms with E-state index < -0.39 is 23.6 Å². The molecule has 17 heavy (non-hydrogen) atoms. The Morgan fingerprint density at radius 1 is 1.41 bits per heavy atom. The minimum Gasteiger partial charge on any atom is -0.321 e. The molecule has 0 aliphatic rings. The van der Waals surface area contributed by atoms with Crippen molar-refractivity contribution in [2.75, 3.05) is 5.32 Å². The van der Waals surface area contributed by atoms with Crippen molar-refractivity contribution in [1.29, 1.82) is 0 Å². The van der Waals surface area contributed by atoms with Crippen LogP contribution in [0.25, 0.3) is 0 Å². The third kappa shape index (κ3) is 3.38. The van der Waals surface area contributed by atoms with Crippen LogP contribution in [0.2, 0.25) is 5.02 Å². The van der Waals surface area contributed by atoms with Gasteiger partial charge in [-0.25, -0.2) is 8.78 Å². The Labute approximate surface area is 103 Å². The number of nitrogens with two attached hydrogens (primary N) is 1. The number of anilines is 1. The summed E-state index contributed by atoms with van der Waals surface area (Å²) in [5.41, 5.74) is 5.33. The highest BCUT2D eigenvalue weighted by Gasteiger charge is 2.20. The summed E-state index contributed by atoms with van der Waals surface area (Å²) in [6.45, 7) is 3.51. The molecule has 1 rings (SSSR count). The molecule has 0 heterocycles. The number of benzene rings is 1. The monoisotopic (exact) mass is 262 g/mol. The molecule has 0 bridgehead atoms. The van der Waals surface area contributed by atoms with Crippen molar-refractivity contribution in [2.45, 2.75) is 19.9 Å². The molecule has 0 saturated heterocycles. The average molecular weight is 263 g/mol. The van der Waals surface area contributed by atoms with Crippen molar-refractivity contribution in [3.05, 3.63) is 28.8 Å². The first-order chi connectivity index (χ1) is 7.82. The normalized spacial score (nSPS) is 12.6. The number of rotatable bonds is 3. The highest BCUT2D eigenvalue weighted by molar-refractivity contribution is 6.33. The standard InChI is InChI=1S/C11H13ClF2N2O/c1-5(2)9(15)11(17)16-10-7(12)3-6(13)4-8(10)14/h3-5,9H,15H2,1-2H3,(H,16,17). The molecule has 0 fully saturated rings. The predicted octanol–water partition coefficient (Wildman–Crippen LogP) is 2.54. The zero-order chi connectivity index (χ0) is 13.2. The van der Waals surface area contributed by atoms with Crippen molar-refractivity contribution in [2.24, 2.45) is 11.7 Å². The van der Waals surface area contributed by atoms with E-state index in [9.17, 15) is 13.6 Å². The van der Waals surface area contributed by atoms with E-state index in [0.29, 0.717) is 6.07 Å². The van der Waals surface area contributed by atoms with Gasteiger partial charge in [0.1, 0.15) is 5.82 Å². The third-order valence-electron chi connectivity index (χ3n) is 2.28. The largest absolute Gasteiger partial charge is 0.321 e. The van der Waals surface area contributed by atoms with Gasteiger partial charge in [-0.1, -0.05) is 25.4 Å².